The first-order valence-corrected chi connectivity index (χ1v) is 12.9. The summed E-state index contributed by atoms with van der Waals surface area (Å²) >= 11 is 0. The highest BCUT2D eigenvalue weighted by Crippen LogP contribution is 2.43. The molecule has 0 atom stereocenters. The highest BCUT2D eigenvalue weighted by molar-refractivity contribution is 5.93. The van der Waals surface area contributed by atoms with Gasteiger partial charge in [0.2, 0.25) is 5.91 Å². The van der Waals surface area contributed by atoms with E-state index in [1.165, 1.54) is 11.6 Å². The van der Waals surface area contributed by atoms with E-state index >= 15 is 0 Å². The van der Waals surface area contributed by atoms with Crippen LogP contribution in [-0.4, -0.2) is 30.5 Å². The van der Waals surface area contributed by atoms with Crippen molar-refractivity contribution in [1.29, 1.82) is 0 Å². The number of fused-ring (bicyclic) bond motifs is 2. The topological polar surface area (TPSA) is 77.6 Å². The molecular formula is C29H27F3N6O. The molecule has 1 aliphatic rings. The van der Waals surface area contributed by atoms with Crippen LogP contribution >= 0.6 is 0 Å². The standard InChI is InChI=1S/C29H27F3N6O/c1-16-26-23(29(30,31)32)13-24(20-11-12-20)33-28(26)38(35-16)15-25(39)34-27-17(2)36-37(18(27)3)14-21-9-6-8-19-7-4-5-10-22(19)21/h4-10,13,20H,11-12,14-15H2,1-3H3,(H,34,39). The van der Waals surface area contributed by atoms with Crippen molar-refractivity contribution in [2.45, 2.75) is 58.8 Å². The number of nitrogens with one attached hydrogen (secondary N) is 1. The predicted octanol–water partition coefficient (Wildman–Crippen LogP) is 6.29. The fourth-order valence-corrected chi connectivity index (χ4v) is 5.23. The number of halogens is 3. The summed E-state index contributed by atoms with van der Waals surface area (Å²) in [5.74, 6) is -0.395. The van der Waals surface area contributed by atoms with Gasteiger partial charge in [-0.2, -0.15) is 23.4 Å². The van der Waals surface area contributed by atoms with Crippen molar-refractivity contribution in [2.24, 2.45) is 0 Å². The van der Waals surface area contributed by atoms with Crippen LogP contribution < -0.4 is 5.32 Å². The van der Waals surface area contributed by atoms with E-state index in [1.807, 2.05) is 36.7 Å². The highest BCUT2D eigenvalue weighted by atomic mass is 19.4. The van der Waals surface area contributed by atoms with Crippen molar-refractivity contribution in [2.75, 3.05) is 5.32 Å². The number of rotatable bonds is 6. The van der Waals surface area contributed by atoms with E-state index in [9.17, 15) is 18.0 Å². The second-order valence-corrected chi connectivity index (χ2v) is 10.2. The molecule has 0 aliphatic heterocycles. The number of hydrogen-bond acceptors (Lipinski definition) is 4. The lowest BCUT2D eigenvalue weighted by molar-refractivity contribution is -0.136. The van der Waals surface area contributed by atoms with Crippen LogP contribution in [0.15, 0.2) is 48.5 Å². The van der Waals surface area contributed by atoms with Crippen molar-refractivity contribution in [3.8, 4) is 0 Å². The van der Waals surface area contributed by atoms with Crippen LogP contribution in [0.5, 0.6) is 0 Å². The molecule has 1 fully saturated rings. The number of hydrogen-bond donors (Lipinski definition) is 1. The van der Waals surface area contributed by atoms with Gasteiger partial charge < -0.3 is 5.32 Å². The lowest BCUT2D eigenvalue weighted by Gasteiger charge is -2.11. The predicted molar refractivity (Wildman–Crippen MR) is 143 cm³/mol. The molecule has 3 aromatic heterocycles. The molecule has 1 N–H and O–H groups in total. The number of amides is 1. The number of aromatic nitrogens is 5. The van der Waals surface area contributed by atoms with Gasteiger partial charge in [-0.15, -0.1) is 0 Å². The molecule has 1 saturated carbocycles. The molecule has 0 radical (unpaired) electrons. The van der Waals surface area contributed by atoms with Gasteiger partial charge in [0, 0.05) is 11.6 Å². The fourth-order valence-electron chi connectivity index (χ4n) is 5.23. The summed E-state index contributed by atoms with van der Waals surface area (Å²) in [6, 6.07) is 15.4. The lowest BCUT2D eigenvalue weighted by atomic mass is 10.0. The molecule has 0 unspecified atom stereocenters. The van der Waals surface area contributed by atoms with Gasteiger partial charge in [-0.05, 0) is 56.0 Å². The van der Waals surface area contributed by atoms with Crippen molar-refractivity contribution >= 4 is 33.4 Å². The third-order valence-electron chi connectivity index (χ3n) is 7.34. The number of benzene rings is 2. The maximum Gasteiger partial charge on any atom is 0.417 e. The van der Waals surface area contributed by atoms with Gasteiger partial charge in [0.05, 0.1) is 40.3 Å². The van der Waals surface area contributed by atoms with Crippen LogP contribution in [0, 0.1) is 20.8 Å². The van der Waals surface area contributed by atoms with Gasteiger partial charge in [0.25, 0.3) is 0 Å². The normalized spacial score (nSPS) is 13.9. The molecule has 0 bridgehead atoms. The molecule has 1 aliphatic carbocycles. The quantitative estimate of drug-likeness (QED) is 0.279. The highest BCUT2D eigenvalue weighted by Gasteiger charge is 2.37. The third-order valence-corrected chi connectivity index (χ3v) is 7.34. The Morgan fingerprint density at radius 3 is 2.46 bits per heavy atom. The van der Waals surface area contributed by atoms with Crippen molar-refractivity contribution in [1.82, 2.24) is 24.5 Å². The molecule has 5 aromatic rings. The van der Waals surface area contributed by atoms with E-state index in [0.717, 1.165) is 40.9 Å². The minimum absolute atomic E-state index is 0.0193. The summed E-state index contributed by atoms with van der Waals surface area (Å²) < 4.78 is 44.8. The molecule has 200 valence electrons. The van der Waals surface area contributed by atoms with Crippen LogP contribution in [0.2, 0.25) is 0 Å². The minimum Gasteiger partial charge on any atom is -0.321 e. The summed E-state index contributed by atoms with van der Waals surface area (Å²) in [4.78, 5) is 17.6. The molecule has 1 amide bonds. The van der Waals surface area contributed by atoms with Crippen LogP contribution in [0.3, 0.4) is 0 Å². The van der Waals surface area contributed by atoms with E-state index < -0.39 is 17.6 Å². The molecule has 3 heterocycles. The average Bonchev–Trinajstić information content (AvgIpc) is 3.66. The smallest absolute Gasteiger partial charge is 0.321 e. The maximum absolute atomic E-state index is 13.9. The molecule has 2 aromatic carbocycles. The summed E-state index contributed by atoms with van der Waals surface area (Å²) in [6.07, 6.45) is -2.92. The number of carbonyl (C=O) groups excluding carboxylic acids is 1. The minimum atomic E-state index is -4.54. The SMILES string of the molecule is Cc1nn(Cc2cccc3ccccc23)c(C)c1NC(=O)Cn1nc(C)c2c(C(F)(F)F)cc(C3CC3)nc21. The Bertz CT molecular complexity index is 1740. The Hall–Kier alpha value is -4.21. The van der Waals surface area contributed by atoms with E-state index in [0.29, 0.717) is 23.6 Å². The van der Waals surface area contributed by atoms with Crippen molar-refractivity contribution < 1.29 is 18.0 Å². The van der Waals surface area contributed by atoms with Gasteiger partial charge in [-0.3, -0.25) is 9.48 Å². The number of alkyl halides is 3. The molecule has 10 heteroatoms. The first-order chi connectivity index (χ1) is 18.6. The van der Waals surface area contributed by atoms with E-state index in [1.54, 1.807) is 0 Å². The number of pyridine rings is 1. The van der Waals surface area contributed by atoms with E-state index in [4.69, 9.17) is 0 Å². The summed E-state index contributed by atoms with van der Waals surface area (Å²) in [5.41, 5.74) is 3.04. The fraction of sp³-hybridized carbons (Fsp3) is 0.310. The van der Waals surface area contributed by atoms with Crippen LogP contribution in [0.25, 0.3) is 21.8 Å². The zero-order valence-electron chi connectivity index (χ0n) is 21.8. The van der Waals surface area contributed by atoms with Gasteiger partial charge in [0.15, 0.2) is 5.65 Å². The number of carbonyl (C=O) groups is 1. The Morgan fingerprint density at radius 2 is 1.72 bits per heavy atom. The largest absolute Gasteiger partial charge is 0.417 e. The summed E-state index contributed by atoms with van der Waals surface area (Å²) in [7, 11) is 0. The molecular weight excluding hydrogens is 505 g/mol. The van der Waals surface area contributed by atoms with Crippen LogP contribution in [0.4, 0.5) is 18.9 Å². The Labute approximate surface area is 222 Å². The molecule has 0 spiro atoms. The first kappa shape index (κ1) is 25.1. The molecule has 6 rings (SSSR count). The summed E-state index contributed by atoms with van der Waals surface area (Å²) in [5, 5.41) is 14.0. The van der Waals surface area contributed by atoms with Crippen molar-refractivity contribution in [3.05, 3.63) is 82.4 Å². The Balaban J connectivity index is 1.28. The van der Waals surface area contributed by atoms with Gasteiger partial charge in [-0.25, -0.2) is 9.67 Å². The van der Waals surface area contributed by atoms with E-state index in [-0.39, 0.29) is 29.2 Å². The molecule has 0 saturated heterocycles. The monoisotopic (exact) mass is 532 g/mol. The van der Waals surface area contributed by atoms with Crippen LogP contribution in [0.1, 0.15) is 52.7 Å². The molecule has 39 heavy (non-hydrogen) atoms. The average molecular weight is 533 g/mol. The van der Waals surface area contributed by atoms with Gasteiger partial charge in [0.1, 0.15) is 6.54 Å². The Kier molecular flexibility index (Phi) is 5.93. The maximum atomic E-state index is 13.9. The van der Waals surface area contributed by atoms with Crippen LogP contribution in [-0.2, 0) is 24.1 Å². The van der Waals surface area contributed by atoms with Gasteiger partial charge >= 0.3 is 6.18 Å². The summed E-state index contributed by atoms with van der Waals surface area (Å²) in [6.45, 7) is 5.47. The first-order valence-electron chi connectivity index (χ1n) is 12.9. The number of aryl methyl sites for hydroxylation is 2. The number of nitrogens with zero attached hydrogens (tertiary/aromatic N) is 5. The second kappa shape index (κ2) is 9.21. The number of anilines is 1. The Morgan fingerprint density at radius 1 is 1.00 bits per heavy atom. The zero-order valence-corrected chi connectivity index (χ0v) is 21.8. The lowest BCUT2D eigenvalue weighted by Crippen LogP contribution is -2.21. The van der Waals surface area contributed by atoms with Crippen molar-refractivity contribution in [3.63, 3.8) is 0 Å². The second-order valence-electron chi connectivity index (χ2n) is 10.2. The zero-order chi connectivity index (χ0) is 27.5. The third kappa shape index (κ3) is 4.64. The van der Waals surface area contributed by atoms with Gasteiger partial charge in [-0.1, -0.05) is 42.5 Å². The van der Waals surface area contributed by atoms with E-state index in [2.05, 4.69) is 44.8 Å². The molecule has 7 nitrogen and oxygen atoms in total.